The molecule has 0 amide bonds. The van der Waals surface area contributed by atoms with Crippen LogP contribution in [0.2, 0.25) is 0 Å². The topological polar surface area (TPSA) is 70.5 Å². The molecular formula is C19H28N2O3S2. The second-order valence-electron chi connectivity index (χ2n) is 6.25. The number of sulfonamides is 1. The molecule has 0 radical (unpaired) electrons. The standard InChI is InChI=1S/C19H28N2O3S2/c1-3-12-21(13-4-2)26(23,24)18-10-8-16(9-11-18)19-20-17(15-25-19)7-5-6-14-22/h8-11,15,22H,3-7,12-14H2,1-2H3. The summed E-state index contributed by atoms with van der Waals surface area (Å²) in [7, 11) is -3.44. The predicted molar refractivity (Wildman–Crippen MR) is 107 cm³/mol. The van der Waals surface area contributed by atoms with E-state index in [-0.39, 0.29) is 6.61 Å². The zero-order valence-corrected chi connectivity index (χ0v) is 17.2. The van der Waals surface area contributed by atoms with Crippen LogP contribution in [-0.2, 0) is 16.4 Å². The van der Waals surface area contributed by atoms with Crippen LogP contribution >= 0.6 is 11.3 Å². The molecule has 0 unspecified atom stereocenters. The first-order valence-corrected chi connectivity index (χ1v) is 11.5. The van der Waals surface area contributed by atoms with Crippen molar-refractivity contribution in [1.82, 2.24) is 9.29 Å². The summed E-state index contributed by atoms with van der Waals surface area (Å²) >= 11 is 1.56. The Morgan fingerprint density at radius 2 is 1.73 bits per heavy atom. The van der Waals surface area contributed by atoms with Gasteiger partial charge in [0.25, 0.3) is 0 Å². The van der Waals surface area contributed by atoms with Gasteiger partial charge < -0.3 is 5.11 Å². The zero-order valence-electron chi connectivity index (χ0n) is 15.5. The molecule has 0 saturated carbocycles. The fraction of sp³-hybridized carbons (Fsp3) is 0.526. The summed E-state index contributed by atoms with van der Waals surface area (Å²) in [5.41, 5.74) is 1.95. The van der Waals surface area contributed by atoms with Crippen molar-refractivity contribution in [1.29, 1.82) is 0 Å². The number of thiazole rings is 1. The molecule has 0 saturated heterocycles. The van der Waals surface area contributed by atoms with Gasteiger partial charge in [-0.15, -0.1) is 11.3 Å². The number of aromatic nitrogens is 1. The molecular weight excluding hydrogens is 368 g/mol. The quantitative estimate of drug-likeness (QED) is 0.584. The van der Waals surface area contributed by atoms with Gasteiger partial charge in [-0.05, 0) is 44.2 Å². The van der Waals surface area contributed by atoms with Crippen LogP contribution in [0.25, 0.3) is 10.6 Å². The van der Waals surface area contributed by atoms with Gasteiger partial charge in [0.15, 0.2) is 0 Å². The third kappa shape index (κ3) is 5.36. The smallest absolute Gasteiger partial charge is 0.243 e. The molecule has 1 aromatic heterocycles. The molecule has 0 aliphatic heterocycles. The van der Waals surface area contributed by atoms with E-state index >= 15 is 0 Å². The maximum absolute atomic E-state index is 12.8. The number of hydrogen-bond donors (Lipinski definition) is 1. The molecule has 5 nitrogen and oxygen atoms in total. The lowest BCUT2D eigenvalue weighted by molar-refractivity contribution is 0.284. The van der Waals surface area contributed by atoms with Crippen LogP contribution in [0.4, 0.5) is 0 Å². The molecule has 0 aliphatic carbocycles. The van der Waals surface area contributed by atoms with Gasteiger partial charge in [-0.2, -0.15) is 4.31 Å². The van der Waals surface area contributed by atoms with E-state index in [1.165, 1.54) is 0 Å². The van der Waals surface area contributed by atoms with E-state index in [0.717, 1.165) is 48.4 Å². The van der Waals surface area contributed by atoms with Crippen molar-refractivity contribution < 1.29 is 13.5 Å². The number of hydrogen-bond acceptors (Lipinski definition) is 5. The Balaban J connectivity index is 2.14. The van der Waals surface area contributed by atoms with Crippen molar-refractivity contribution in [3.05, 3.63) is 35.3 Å². The molecule has 0 spiro atoms. The molecule has 0 aliphatic rings. The van der Waals surface area contributed by atoms with Crippen LogP contribution in [0, 0.1) is 0 Å². The minimum absolute atomic E-state index is 0.208. The summed E-state index contributed by atoms with van der Waals surface area (Å²) in [6, 6.07) is 7.02. The molecule has 26 heavy (non-hydrogen) atoms. The second kappa shape index (κ2) is 10.2. The normalized spacial score (nSPS) is 12.0. The second-order valence-corrected chi connectivity index (χ2v) is 9.05. The Bertz CT molecular complexity index is 764. The Kier molecular flexibility index (Phi) is 8.21. The molecule has 0 bridgehead atoms. The van der Waals surface area contributed by atoms with Gasteiger partial charge in [-0.3, -0.25) is 0 Å². The highest BCUT2D eigenvalue weighted by Crippen LogP contribution is 2.26. The lowest BCUT2D eigenvalue weighted by Crippen LogP contribution is -2.32. The molecule has 144 valence electrons. The number of nitrogens with zero attached hydrogens (tertiary/aromatic N) is 2. The summed E-state index contributed by atoms with van der Waals surface area (Å²) in [5, 5.41) is 11.8. The zero-order chi connectivity index (χ0) is 19.0. The number of benzene rings is 1. The largest absolute Gasteiger partial charge is 0.396 e. The maximum Gasteiger partial charge on any atom is 0.243 e. The molecule has 1 N–H and O–H groups in total. The fourth-order valence-corrected chi connectivity index (χ4v) is 5.23. The number of rotatable bonds is 11. The predicted octanol–water partition coefficient (Wildman–Crippen LogP) is 3.94. The molecule has 2 aromatic rings. The fourth-order valence-electron chi connectivity index (χ4n) is 2.74. The minimum atomic E-state index is -3.44. The Hall–Kier alpha value is -1.28. The van der Waals surface area contributed by atoms with Crippen LogP contribution in [0.3, 0.4) is 0 Å². The van der Waals surface area contributed by atoms with Crippen LogP contribution in [0.5, 0.6) is 0 Å². The highest BCUT2D eigenvalue weighted by atomic mass is 32.2. The van der Waals surface area contributed by atoms with E-state index in [9.17, 15) is 8.42 Å². The van der Waals surface area contributed by atoms with E-state index in [0.29, 0.717) is 18.0 Å². The molecule has 2 rings (SSSR count). The first-order chi connectivity index (χ1) is 12.5. The third-order valence-corrected chi connectivity index (χ3v) is 6.93. The van der Waals surface area contributed by atoms with Crippen molar-refractivity contribution in [3.8, 4) is 10.6 Å². The van der Waals surface area contributed by atoms with Crippen LogP contribution < -0.4 is 0 Å². The summed E-state index contributed by atoms with van der Waals surface area (Å²) in [6.07, 6.45) is 4.16. The molecule has 1 heterocycles. The minimum Gasteiger partial charge on any atom is -0.396 e. The average Bonchev–Trinajstić information content (AvgIpc) is 3.11. The van der Waals surface area contributed by atoms with E-state index in [2.05, 4.69) is 4.98 Å². The number of unbranched alkanes of at least 4 members (excludes halogenated alkanes) is 1. The van der Waals surface area contributed by atoms with Crippen molar-refractivity contribution in [2.24, 2.45) is 0 Å². The maximum atomic E-state index is 12.8. The number of aliphatic hydroxyl groups excluding tert-OH is 1. The SMILES string of the molecule is CCCN(CCC)S(=O)(=O)c1ccc(-c2nc(CCCCO)cs2)cc1. The highest BCUT2D eigenvalue weighted by Gasteiger charge is 2.23. The summed E-state index contributed by atoms with van der Waals surface area (Å²) in [5.74, 6) is 0. The summed E-state index contributed by atoms with van der Waals surface area (Å²) in [6.45, 7) is 5.27. The van der Waals surface area contributed by atoms with Crippen molar-refractivity contribution in [3.63, 3.8) is 0 Å². The first kappa shape index (κ1) is 21.0. The van der Waals surface area contributed by atoms with E-state index in [1.807, 2.05) is 31.4 Å². The van der Waals surface area contributed by atoms with Crippen molar-refractivity contribution in [2.45, 2.75) is 50.8 Å². The molecule has 1 aromatic carbocycles. The van der Waals surface area contributed by atoms with Crippen molar-refractivity contribution in [2.75, 3.05) is 19.7 Å². The molecule has 0 fully saturated rings. The van der Waals surface area contributed by atoms with Crippen LogP contribution in [0.15, 0.2) is 34.5 Å². The van der Waals surface area contributed by atoms with Gasteiger partial charge in [0, 0.05) is 30.6 Å². The van der Waals surface area contributed by atoms with Gasteiger partial charge in [0.05, 0.1) is 10.6 Å². The monoisotopic (exact) mass is 396 g/mol. The van der Waals surface area contributed by atoms with Crippen LogP contribution in [-0.4, -0.2) is 42.5 Å². The van der Waals surface area contributed by atoms with Gasteiger partial charge in [0.2, 0.25) is 10.0 Å². The van der Waals surface area contributed by atoms with E-state index < -0.39 is 10.0 Å². The summed E-state index contributed by atoms with van der Waals surface area (Å²) < 4.78 is 27.2. The Morgan fingerprint density at radius 1 is 1.08 bits per heavy atom. The Labute approximate surface area is 160 Å². The molecule has 0 atom stereocenters. The first-order valence-electron chi connectivity index (χ1n) is 9.18. The highest BCUT2D eigenvalue weighted by molar-refractivity contribution is 7.89. The van der Waals surface area contributed by atoms with Crippen molar-refractivity contribution >= 4 is 21.4 Å². The van der Waals surface area contributed by atoms with Gasteiger partial charge in [-0.25, -0.2) is 13.4 Å². The van der Waals surface area contributed by atoms with Gasteiger partial charge in [0.1, 0.15) is 5.01 Å². The lowest BCUT2D eigenvalue weighted by Gasteiger charge is -2.21. The Morgan fingerprint density at radius 3 is 2.31 bits per heavy atom. The third-order valence-electron chi connectivity index (χ3n) is 4.08. The van der Waals surface area contributed by atoms with E-state index in [1.54, 1.807) is 27.8 Å². The van der Waals surface area contributed by atoms with Gasteiger partial charge in [-0.1, -0.05) is 26.0 Å². The van der Waals surface area contributed by atoms with Crippen LogP contribution in [0.1, 0.15) is 45.2 Å². The summed E-state index contributed by atoms with van der Waals surface area (Å²) in [4.78, 5) is 4.95. The lowest BCUT2D eigenvalue weighted by atomic mass is 10.2. The number of aryl methyl sites for hydroxylation is 1. The molecule has 7 heteroatoms. The number of aliphatic hydroxyl groups is 1. The van der Waals surface area contributed by atoms with E-state index in [4.69, 9.17) is 5.11 Å². The average molecular weight is 397 g/mol. The van der Waals surface area contributed by atoms with Gasteiger partial charge >= 0.3 is 0 Å².